The molecule has 25 heavy (non-hydrogen) atoms. The van der Waals surface area contributed by atoms with Crippen LogP contribution < -0.4 is 0 Å². The molecule has 0 aliphatic heterocycles. The maximum absolute atomic E-state index is 3.94. The summed E-state index contributed by atoms with van der Waals surface area (Å²) in [6, 6.07) is 9.34. The summed E-state index contributed by atoms with van der Waals surface area (Å²) in [5.74, 6) is 0.782. The molecule has 0 N–H and O–H groups in total. The summed E-state index contributed by atoms with van der Waals surface area (Å²) in [5.41, 5.74) is 2.96. The Labute approximate surface area is 158 Å². The van der Waals surface area contributed by atoms with Crippen molar-refractivity contribution < 1.29 is 0 Å². The molecular formula is C25H43. The number of unbranched alkanes of at least 4 members (excludes halogenated alkanes) is 11. The van der Waals surface area contributed by atoms with E-state index < -0.39 is 0 Å². The fourth-order valence-corrected chi connectivity index (χ4v) is 3.76. The molecule has 0 fully saturated rings. The van der Waals surface area contributed by atoms with E-state index in [9.17, 15) is 0 Å². The van der Waals surface area contributed by atoms with Gasteiger partial charge in [0.1, 0.15) is 0 Å². The number of rotatable bonds is 16. The Morgan fingerprint density at radius 1 is 0.680 bits per heavy atom. The second-order valence-electron chi connectivity index (χ2n) is 7.93. The van der Waals surface area contributed by atoms with Crippen LogP contribution in [0.2, 0.25) is 0 Å². The highest BCUT2D eigenvalue weighted by molar-refractivity contribution is 5.24. The zero-order valence-electron chi connectivity index (χ0n) is 17.2. The van der Waals surface area contributed by atoms with Gasteiger partial charge in [0.15, 0.2) is 0 Å². The molecule has 143 valence electrons. The molecular weight excluding hydrogens is 300 g/mol. The minimum atomic E-state index is 0.782. The summed E-state index contributed by atoms with van der Waals surface area (Å²) in [7, 11) is 0. The Kier molecular flexibility index (Phi) is 13.8. The first-order valence-corrected chi connectivity index (χ1v) is 11.1. The van der Waals surface area contributed by atoms with Crippen LogP contribution in [-0.2, 0) is 0 Å². The Morgan fingerprint density at radius 3 is 1.68 bits per heavy atom. The summed E-state index contributed by atoms with van der Waals surface area (Å²) in [5, 5.41) is 0. The molecule has 0 bridgehead atoms. The van der Waals surface area contributed by atoms with Gasteiger partial charge in [-0.1, -0.05) is 127 Å². The fourth-order valence-electron chi connectivity index (χ4n) is 3.76. The van der Waals surface area contributed by atoms with Crippen LogP contribution >= 0.6 is 0 Å². The molecule has 0 aliphatic carbocycles. The number of benzene rings is 1. The third kappa shape index (κ3) is 11.4. The van der Waals surface area contributed by atoms with Crippen molar-refractivity contribution in [2.75, 3.05) is 0 Å². The average Bonchev–Trinajstić information content (AvgIpc) is 2.63. The van der Waals surface area contributed by atoms with E-state index in [1.165, 1.54) is 95.5 Å². The van der Waals surface area contributed by atoms with Gasteiger partial charge < -0.3 is 0 Å². The van der Waals surface area contributed by atoms with Crippen LogP contribution in [0.25, 0.3) is 0 Å². The summed E-state index contributed by atoms with van der Waals surface area (Å²) >= 11 is 0. The van der Waals surface area contributed by atoms with Crippen LogP contribution in [0.3, 0.4) is 0 Å². The van der Waals surface area contributed by atoms with E-state index in [4.69, 9.17) is 0 Å². The van der Waals surface area contributed by atoms with Crippen molar-refractivity contribution in [3.8, 4) is 0 Å². The minimum absolute atomic E-state index is 0.782. The third-order valence-corrected chi connectivity index (χ3v) is 5.51. The van der Waals surface area contributed by atoms with E-state index in [1.807, 2.05) is 0 Å². The summed E-state index contributed by atoms with van der Waals surface area (Å²) < 4.78 is 0. The summed E-state index contributed by atoms with van der Waals surface area (Å²) in [4.78, 5) is 0. The number of aryl methyl sites for hydroxylation is 1. The predicted octanol–water partition coefficient (Wildman–Crippen LogP) is 8.78. The third-order valence-electron chi connectivity index (χ3n) is 5.51. The first kappa shape index (κ1) is 22.3. The van der Waals surface area contributed by atoms with Crippen molar-refractivity contribution in [3.63, 3.8) is 0 Å². The van der Waals surface area contributed by atoms with Gasteiger partial charge in [0.2, 0.25) is 0 Å². The monoisotopic (exact) mass is 343 g/mol. The molecule has 0 aromatic heterocycles. The standard InChI is InChI=1S/C25H43/c1-4-6-8-10-12-14-16-18-24(17-15-13-11-9-7-5-2)25-21-19-23(3)20-22-25/h19-22,24H,2,4-18H2,1,3H3. The zero-order chi connectivity index (χ0) is 18.2. The van der Waals surface area contributed by atoms with Crippen LogP contribution in [0.15, 0.2) is 24.3 Å². The maximum Gasteiger partial charge on any atom is -0.0162 e. The van der Waals surface area contributed by atoms with Gasteiger partial charge in [0.05, 0.1) is 0 Å². The van der Waals surface area contributed by atoms with Crippen LogP contribution in [0, 0.1) is 13.8 Å². The second-order valence-corrected chi connectivity index (χ2v) is 7.93. The van der Waals surface area contributed by atoms with Gasteiger partial charge in [-0.25, -0.2) is 0 Å². The Hall–Kier alpha value is -0.780. The fraction of sp³-hybridized carbons (Fsp3) is 0.720. The van der Waals surface area contributed by atoms with Crippen LogP contribution in [0.1, 0.15) is 120 Å². The highest BCUT2D eigenvalue weighted by Crippen LogP contribution is 2.29. The van der Waals surface area contributed by atoms with E-state index in [1.54, 1.807) is 5.56 Å². The van der Waals surface area contributed by atoms with Crippen LogP contribution in [-0.4, -0.2) is 0 Å². The van der Waals surface area contributed by atoms with Crippen LogP contribution in [0.5, 0.6) is 0 Å². The molecule has 0 nitrogen and oxygen atoms in total. The molecule has 1 aromatic rings. The highest BCUT2D eigenvalue weighted by Gasteiger charge is 2.11. The quantitative estimate of drug-likeness (QED) is 0.263. The first-order valence-electron chi connectivity index (χ1n) is 11.1. The van der Waals surface area contributed by atoms with Crippen molar-refractivity contribution in [1.29, 1.82) is 0 Å². The lowest BCUT2D eigenvalue weighted by Crippen LogP contribution is -2.00. The molecule has 0 heteroatoms. The van der Waals surface area contributed by atoms with Gasteiger partial charge >= 0.3 is 0 Å². The molecule has 0 saturated carbocycles. The topological polar surface area (TPSA) is 0 Å². The molecule has 1 rings (SSSR count). The van der Waals surface area contributed by atoms with E-state index in [2.05, 4.69) is 45.0 Å². The Balaban J connectivity index is 2.31. The lowest BCUT2D eigenvalue weighted by atomic mass is 9.87. The summed E-state index contributed by atoms with van der Waals surface area (Å²) in [6.45, 7) is 8.43. The van der Waals surface area contributed by atoms with Crippen molar-refractivity contribution in [3.05, 3.63) is 42.3 Å². The van der Waals surface area contributed by atoms with Gasteiger partial charge in [0, 0.05) is 0 Å². The first-order chi connectivity index (χ1) is 12.3. The smallest absolute Gasteiger partial charge is 0.0162 e. The van der Waals surface area contributed by atoms with E-state index in [0.717, 1.165) is 12.3 Å². The minimum Gasteiger partial charge on any atom is -0.0654 e. The Bertz CT molecular complexity index is 389. The number of hydrogen-bond acceptors (Lipinski definition) is 0. The van der Waals surface area contributed by atoms with Gasteiger partial charge in [-0.3, -0.25) is 0 Å². The number of hydrogen-bond donors (Lipinski definition) is 0. The van der Waals surface area contributed by atoms with Gasteiger partial charge in [-0.2, -0.15) is 0 Å². The second kappa shape index (κ2) is 15.5. The molecule has 1 unspecified atom stereocenters. The van der Waals surface area contributed by atoms with Crippen molar-refractivity contribution in [2.45, 2.75) is 116 Å². The largest absolute Gasteiger partial charge is 0.0654 e. The van der Waals surface area contributed by atoms with Crippen molar-refractivity contribution in [2.24, 2.45) is 0 Å². The lowest BCUT2D eigenvalue weighted by Gasteiger charge is -2.18. The molecule has 0 amide bonds. The van der Waals surface area contributed by atoms with Crippen molar-refractivity contribution in [1.82, 2.24) is 0 Å². The van der Waals surface area contributed by atoms with Gasteiger partial charge in [0.25, 0.3) is 0 Å². The molecule has 0 aliphatic rings. The van der Waals surface area contributed by atoms with Gasteiger partial charge in [-0.05, 0) is 31.2 Å². The predicted molar refractivity (Wildman–Crippen MR) is 114 cm³/mol. The highest BCUT2D eigenvalue weighted by atomic mass is 14.2. The average molecular weight is 344 g/mol. The van der Waals surface area contributed by atoms with E-state index in [0.29, 0.717) is 0 Å². The molecule has 1 radical (unpaired) electrons. The van der Waals surface area contributed by atoms with E-state index in [-0.39, 0.29) is 0 Å². The zero-order valence-corrected chi connectivity index (χ0v) is 17.2. The summed E-state index contributed by atoms with van der Waals surface area (Å²) in [6.07, 6.45) is 20.6. The van der Waals surface area contributed by atoms with E-state index >= 15 is 0 Å². The molecule has 0 spiro atoms. The molecule has 1 aromatic carbocycles. The maximum atomic E-state index is 3.94. The normalized spacial score (nSPS) is 12.4. The van der Waals surface area contributed by atoms with Crippen LogP contribution in [0.4, 0.5) is 0 Å². The molecule has 0 heterocycles. The molecule has 0 saturated heterocycles. The Morgan fingerprint density at radius 2 is 1.16 bits per heavy atom. The van der Waals surface area contributed by atoms with Crippen molar-refractivity contribution >= 4 is 0 Å². The SMILES string of the molecule is [CH2]CCCCCCCC(CCCCCCCCC)c1ccc(C)cc1. The molecule has 1 atom stereocenters. The lowest BCUT2D eigenvalue weighted by molar-refractivity contribution is 0.486. The van der Waals surface area contributed by atoms with Gasteiger partial charge in [-0.15, -0.1) is 0 Å².